The molecule has 3 aromatic rings. The summed E-state index contributed by atoms with van der Waals surface area (Å²) >= 11 is 9.41. The van der Waals surface area contributed by atoms with Crippen molar-refractivity contribution in [3.8, 4) is 5.75 Å². The number of nitrogens with zero attached hydrogens (tertiary/aromatic N) is 1. The SMILES string of the molecule is O=C1OC(c2cccc(Br)c2)=N/C1=C\c1cccc(OCc2cccc(Cl)c2)c1. The summed E-state index contributed by atoms with van der Waals surface area (Å²) < 4.78 is 12.0. The molecule has 4 rings (SSSR count). The van der Waals surface area contributed by atoms with E-state index in [0.29, 0.717) is 17.4 Å². The van der Waals surface area contributed by atoms with Crippen LogP contribution < -0.4 is 4.74 Å². The molecule has 1 aliphatic heterocycles. The maximum atomic E-state index is 12.2. The molecule has 0 aromatic heterocycles. The lowest BCUT2D eigenvalue weighted by molar-refractivity contribution is -0.129. The molecule has 0 N–H and O–H groups in total. The van der Waals surface area contributed by atoms with Crippen LogP contribution in [0.1, 0.15) is 16.7 Å². The molecular weight excluding hydrogens is 454 g/mol. The maximum Gasteiger partial charge on any atom is 0.363 e. The first-order chi connectivity index (χ1) is 14.1. The van der Waals surface area contributed by atoms with E-state index in [9.17, 15) is 4.79 Å². The van der Waals surface area contributed by atoms with Gasteiger partial charge in [-0.1, -0.05) is 57.9 Å². The average molecular weight is 469 g/mol. The zero-order valence-electron chi connectivity index (χ0n) is 15.1. The van der Waals surface area contributed by atoms with Crippen molar-refractivity contribution in [3.05, 3.63) is 105 Å². The van der Waals surface area contributed by atoms with Crippen LogP contribution in [0.4, 0.5) is 0 Å². The smallest absolute Gasteiger partial charge is 0.363 e. The number of benzene rings is 3. The van der Waals surface area contributed by atoms with Crippen LogP contribution in [-0.2, 0) is 16.1 Å². The third-order valence-electron chi connectivity index (χ3n) is 4.15. The minimum Gasteiger partial charge on any atom is -0.489 e. The van der Waals surface area contributed by atoms with Crippen LogP contribution in [0.15, 0.2) is 88.0 Å². The Labute approximate surface area is 181 Å². The Balaban J connectivity index is 1.52. The highest BCUT2D eigenvalue weighted by molar-refractivity contribution is 9.10. The zero-order valence-corrected chi connectivity index (χ0v) is 17.5. The number of carbonyl (C=O) groups is 1. The number of esters is 1. The number of rotatable bonds is 5. The van der Waals surface area contributed by atoms with Gasteiger partial charge < -0.3 is 9.47 Å². The average Bonchev–Trinajstić information content (AvgIpc) is 3.07. The monoisotopic (exact) mass is 467 g/mol. The van der Waals surface area contributed by atoms with Crippen LogP contribution in [0.25, 0.3) is 6.08 Å². The second-order valence-corrected chi connectivity index (χ2v) is 7.69. The molecule has 0 unspecified atom stereocenters. The summed E-state index contributed by atoms with van der Waals surface area (Å²) in [7, 11) is 0. The van der Waals surface area contributed by atoms with Crippen LogP contribution in [0.3, 0.4) is 0 Å². The molecule has 0 atom stereocenters. The first-order valence-electron chi connectivity index (χ1n) is 8.83. The maximum absolute atomic E-state index is 12.2. The lowest BCUT2D eigenvalue weighted by atomic mass is 10.2. The minimum atomic E-state index is -0.481. The van der Waals surface area contributed by atoms with Crippen molar-refractivity contribution in [2.24, 2.45) is 4.99 Å². The van der Waals surface area contributed by atoms with Crippen molar-refractivity contribution < 1.29 is 14.3 Å². The topological polar surface area (TPSA) is 47.9 Å². The van der Waals surface area contributed by atoms with Gasteiger partial charge in [0.1, 0.15) is 12.4 Å². The molecule has 0 bridgehead atoms. The standard InChI is InChI=1S/C23H15BrClNO3/c24-18-7-3-6-17(13-18)22-26-21(23(27)29-22)12-15-4-2-9-20(11-15)28-14-16-5-1-8-19(25)10-16/h1-13H,14H2/b21-12-. The van der Waals surface area contributed by atoms with Crippen LogP contribution >= 0.6 is 27.5 Å². The fraction of sp³-hybridized carbons (Fsp3) is 0.0435. The zero-order chi connectivity index (χ0) is 20.2. The van der Waals surface area contributed by atoms with Crippen molar-refractivity contribution in [3.63, 3.8) is 0 Å². The molecule has 0 saturated carbocycles. The molecule has 0 aliphatic carbocycles. The van der Waals surface area contributed by atoms with E-state index < -0.39 is 5.97 Å². The van der Waals surface area contributed by atoms with Crippen molar-refractivity contribution >= 4 is 45.5 Å². The summed E-state index contributed by atoms with van der Waals surface area (Å²) in [5.74, 6) is 0.489. The van der Waals surface area contributed by atoms with Crippen LogP contribution in [0, 0.1) is 0 Å². The predicted molar refractivity (Wildman–Crippen MR) is 117 cm³/mol. The lowest BCUT2D eigenvalue weighted by Crippen LogP contribution is -2.05. The van der Waals surface area contributed by atoms with Crippen LogP contribution in [-0.4, -0.2) is 11.9 Å². The summed E-state index contributed by atoms with van der Waals surface area (Å²) in [6.45, 7) is 0.397. The van der Waals surface area contributed by atoms with Gasteiger partial charge in [0.2, 0.25) is 5.90 Å². The van der Waals surface area contributed by atoms with Gasteiger partial charge in [-0.2, -0.15) is 0 Å². The Morgan fingerprint density at radius 2 is 1.86 bits per heavy atom. The number of aliphatic imine (C=N–C) groups is 1. The molecule has 0 amide bonds. The van der Waals surface area contributed by atoms with Gasteiger partial charge in [0, 0.05) is 15.1 Å². The third-order valence-corrected chi connectivity index (χ3v) is 4.88. The van der Waals surface area contributed by atoms with E-state index in [-0.39, 0.29) is 11.6 Å². The molecule has 0 saturated heterocycles. The molecule has 29 heavy (non-hydrogen) atoms. The molecule has 1 aliphatic rings. The molecule has 3 aromatic carbocycles. The molecule has 0 spiro atoms. The summed E-state index contributed by atoms with van der Waals surface area (Å²) in [6, 6.07) is 22.4. The van der Waals surface area contributed by atoms with Crippen LogP contribution in [0.5, 0.6) is 5.75 Å². The van der Waals surface area contributed by atoms with Crippen LogP contribution in [0.2, 0.25) is 5.02 Å². The first-order valence-corrected chi connectivity index (χ1v) is 10.00. The largest absolute Gasteiger partial charge is 0.489 e. The summed E-state index contributed by atoms with van der Waals surface area (Å²) in [6.07, 6.45) is 1.68. The second-order valence-electron chi connectivity index (χ2n) is 6.34. The fourth-order valence-electron chi connectivity index (χ4n) is 2.80. The van der Waals surface area contributed by atoms with E-state index in [1.807, 2.05) is 72.8 Å². The summed E-state index contributed by atoms with van der Waals surface area (Å²) in [5.41, 5.74) is 2.74. The molecule has 1 heterocycles. The van der Waals surface area contributed by atoms with Gasteiger partial charge in [-0.05, 0) is 59.7 Å². The predicted octanol–water partition coefficient (Wildman–Crippen LogP) is 6.03. The number of hydrogen-bond acceptors (Lipinski definition) is 4. The quantitative estimate of drug-likeness (QED) is 0.339. The van der Waals surface area contributed by atoms with E-state index in [1.165, 1.54) is 0 Å². The summed E-state index contributed by atoms with van der Waals surface area (Å²) in [5, 5.41) is 0.670. The van der Waals surface area contributed by atoms with Gasteiger partial charge in [0.25, 0.3) is 0 Å². The van der Waals surface area contributed by atoms with E-state index in [4.69, 9.17) is 21.1 Å². The Bertz CT molecular complexity index is 1140. The van der Waals surface area contributed by atoms with E-state index >= 15 is 0 Å². The number of carbonyl (C=O) groups excluding carboxylic acids is 1. The van der Waals surface area contributed by atoms with Gasteiger partial charge in [-0.25, -0.2) is 9.79 Å². The third kappa shape index (κ3) is 4.94. The van der Waals surface area contributed by atoms with Crippen molar-refractivity contribution in [1.82, 2.24) is 0 Å². The van der Waals surface area contributed by atoms with E-state index in [0.717, 1.165) is 21.2 Å². The Hall–Kier alpha value is -2.89. The van der Waals surface area contributed by atoms with Gasteiger partial charge in [-0.15, -0.1) is 0 Å². The molecule has 144 valence electrons. The number of cyclic esters (lactones) is 1. The molecule has 4 nitrogen and oxygen atoms in total. The molecule has 0 fully saturated rings. The highest BCUT2D eigenvalue weighted by Gasteiger charge is 2.24. The second kappa shape index (κ2) is 8.64. The molecule has 0 radical (unpaired) electrons. The van der Waals surface area contributed by atoms with Crippen molar-refractivity contribution in [2.75, 3.05) is 0 Å². The number of halogens is 2. The Morgan fingerprint density at radius 1 is 1.03 bits per heavy atom. The van der Waals surface area contributed by atoms with Gasteiger partial charge in [-0.3, -0.25) is 0 Å². The van der Waals surface area contributed by atoms with E-state index in [2.05, 4.69) is 20.9 Å². The number of hydrogen-bond donors (Lipinski definition) is 0. The highest BCUT2D eigenvalue weighted by Crippen LogP contribution is 2.23. The lowest BCUT2D eigenvalue weighted by Gasteiger charge is -2.07. The first kappa shape index (κ1) is 19.4. The fourth-order valence-corrected chi connectivity index (χ4v) is 3.41. The Morgan fingerprint density at radius 3 is 2.69 bits per heavy atom. The van der Waals surface area contributed by atoms with Crippen molar-refractivity contribution in [1.29, 1.82) is 0 Å². The van der Waals surface area contributed by atoms with Gasteiger partial charge >= 0.3 is 5.97 Å². The normalized spacial score (nSPS) is 14.6. The highest BCUT2D eigenvalue weighted by atomic mass is 79.9. The summed E-state index contributed by atoms with van der Waals surface area (Å²) in [4.78, 5) is 16.6. The molecular formula is C23H15BrClNO3. The number of ether oxygens (including phenoxy) is 2. The Kier molecular flexibility index (Phi) is 5.79. The van der Waals surface area contributed by atoms with Gasteiger partial charge in [0.15, 0.2) is 5.70 Å². The molecule has 6 heteroatoms. The van der Waals surface area contributed by atoms with Gasteiger partial charge in [0.05, 0.1) is 0 Å². The van der Waals surface area contributed by atoms with E-state index in [1.54, 1.807) is 6.08 Å². The van der Waals surface area contributed by atoms with Crippen molar-refractivity contribution in [2.45, 2.75) is 6.61 Å². The minimum absolute atomic E-state index is 0.243.